The van der Waals surface area contributed by atoms with E-state index in [-0.39, 0.29) is 47.2 Å². The van der Waals surface area contributed by atoms with Crippen molar-refractivity contribution < 1.29 is 38.0 Å². The molecule has 2 aliphatic carbocycles. The minimum Gasteiger partial charge on any atom is -0.493 e. The molecule has 10 heteroatoms. The molecule has 0 aromatic heterocycles. The van der Waals surface area contributed by atoms with Gasteiger partial charge in [0.1, 0.15) is 24.4 Å². The van der Waals surface area contributed by atoms with Crippen LogP contribution in [0.25, 0.3) is 0 Å². The maximum Gasteiger partial charge on any atom is 0.306 e. The quantitative estimate of drug-likeness (QED) is 0.134. The fourth-order valence-corrected chi connectivity index (χ4v) is 10.1. The maximum atomic E-state index is 12.9. The number of carbonyl (C=O) groups excluding carboxylic acids is 2. The van der Waals surface area contributed by atoms with Crippen molar-refractivity contribution in [1.29, 1.82) is 0 Å². The number of esters is 2. The van der Waals surface area contributed by atoms with Crippen molar-refractivity contribution in [3.05, 3.63) is 70.8 Å². The Morgan fingerprint density at radius 1 is 0.667 bits per heavy atom. The molecule has 0 radical (unpaired) electrons. The van der Waals surface area contributed by atoms with Gasteiger partial charge in [-0.2, -0.15) is 0 Å². The molecule has 0 fully saturated rings. The summed E-state index contributed by atoms with van der Waals surface area (Å²) in [5, 5.41) is 0. The zero-order valence-corrected chi connectivity index (χ0v) is 32.4. The zero-order valence-electron chi connectivity index (χ0n) is 32.4. The van der Waals surface area contributed by atoms with Crippen LogP contribution in [0.5, 0.6) is 23.0 Å². The lowest BCUT2D eigenvalue weighted by Crippen LogP contribution is -2.48. The van der Waals surface area contributed by atoms with Gasteiger partial charge in [0, 0.05) is 63.0 Å². The van der Waals surface area contributed by atoms with Crippen molar-refractivity contribution in [2.75, 3.05) is 54.5 Å². The lowest BCUT2D eigenvalue weighted by atomic mass is 9.70. The number of unbranched alkanes of at least 4 members (excludes halogenated alkanes) is 5. The van der Waals surface area contributed by atoms with E-state index in [2.05, 4.69) is 60.3 Å². The molecule has 8 rings (SSSR count). The molecule has 10 nitrogen and oxygen atoms in total. The Kier molecular flexibility index (Phi) is 10.4. The SMILES string of the molecule is COc1ccc2c3c1O[C@@H]1C[C@H](OC(=O)CCCCCCCCC(=O)O[C@H]4C=C[C@@]56CN(C)CCc7ccc(OC)c(c75)O[C@H]6C4)C=C[C@]31CN(C)CC2. The molecule has 2 spiro atoms. The lowest BCUT2D eigenvalue weighted by Gasteiger charge is -2.38. The van der Waals surface area contributed by atoms with Crippen molar-refractivity contribution >= 4 is 11.9 Å². The summed E-state index contributed by atoms with van der Waals surface area (Å²) in [5.74, 6) is 2.91. The maximum absolute atomic E-state index is 12.9. The minimum atomic E-state index is -0.299. The lowest BCUT2D eigenvalue weighted by molar-refractivity contribution is -0.149. The smallest absolute Gasteiger partial charge is 0.306 e. The van der Waals surface area contributed by atoms with E-state index in [1.54, 1.807) is 14.2 Å². The monoisotopic (exact) mass is 740 g/mol. The summed E-state index contributed by atoms with van der Waals surface area (Å²) in [6, 6.07) is 8.37. The first-order valence-corrected chi connectivity index (χ1v) is 20.1. The van der Waals surface area contributed by atoms with E-state index in [0.717, 1.165) is 101 Å². The summed E-state index contributed by atoms with van der Waals surface area (Å²) in [5.41, 5.74) is 4.59. The number of rotatable bonds is 13. The summed E-state index contributed by atoms with van der Waals surface area (Å²) in [6.45, 7) is 3.71. The van der Waals surface area contributed by atoms with E-state index in [0.29, 0.717) is 25.7 Å². The van der Waals surface area contributed by atoms with Crippen LogP contribution in [-0.4, -0.2) is 101 Å². The number of hydrogen-bond acceptors (Lipinski definition) is 10. The third-order valence-corrected chi connectivity index (χ3v) is 12.7. The fourth-order valence-electron chi connectivity index (χ4n) is 10.1. The van der Waals surface area contributed by atoms with Gasteiger partial charge in [-0.15, -0.1) is 0 Å². The van der Waals surface area contributed by atoms with Crippen LogP contribution < -0.4 is 18.9 Å². The first-order valence-electron chi connectivity index (χ1n) is 20.1. The fraction of sp³-hybridized carbons (Fsp3) is 0.591. The predicted molar refractivity (Wildman–Crippen MR) is 205 cm³/mol. The van der Waals surface area contributed by atoms with Gasteiger partial charge in [0.05, 0.1) is 25.0 Å². The molecule has 4 aliphatic heterocycles. The van der Waals surface area contributed by atoms with Gasteiger partial charge < -0.3 is 38.2 Å². The van der Waals surface area contributed by atoms with E-state index in [4.69, 9.17) is 28.4 Å². The van der Waals surface area contributed by atoms with E-state index in [9.17, 15) is 9.59 Å². The van der Waals surface area contributed by atoms with Gasteiger partial charge in [0.25, 0.3) is 0 Å². The molecule has 0 saturated carbocycles. The molecule has 54 heavy (non-hydrogen) atoms. The van der Waals surface area contributed by atoms with Crippen molar-refractivity contribution in [3.8, 4) is 23.0 Å². The molecule has 6 aliphatic rings. The van der Waals surface area contributed by atoms with Gasteiger partial charge in [-0.1, -0.05) is 50.0 Å². The molecule has 2 aromatic carbocycles. The van der Waals surface area contributed by atoms with Gasteiger partial charge >= 0.3 is 11.9 Å². The second kappa shape index (κ2) is 15.3. The van der Waals surface area contributed by atoms with Gasteiger partial charge in [-0.05, 0) is 75.2 Å². The summed E-state index contributed by atoms with van der Waals surface area (Å²) < 4.78 is 36.4. The number of ether oxygens (including phenoxy) is 6. The van der Waals surface area contributed by atoms with E-state index < -0.39 is 0 Å². The standard InChI is InChI=1S/C44H56N2O8/c1-45-23-19-29-13-15-33(49-3)41-39(29)43(27-45)21-17-31(25-35(43)53-41)51-37(47)11-9-7-5-6-8-10-12-38(48)52-32-18-22-44-28-46(2)24-20-30-14-16-34(50-4)42(40(30)44)54-36(44)26-32/h13-18,21-22,31-32,35-36H,5-12,19-20,23-28H2,1-4H3/t31-,32+,35-,36+,43-,44+. The largest absolute Gasteiger partial charge is 0.493 e. The number of carbonyl (C=O) groups is 2. The molecule has 0 amide bonds. The van der Waals surface area contributed by atoms with E-state index in [1.165, 1.54) is 22.3 Å². The van der Waals surface area contributed by atoms with Crippen LogP contribution in [0.1, 0.15) is 86.5 Å². The minimum absolute atomic E-state index is 0.106. The molecule has 6 atom stereocenters. The van der Waals surface area contributed by atoms with Gasteiger partial charge in [-0.25, -0.2) is 0 Å². The first kappa shape index (κ1) is 36.9. The Labute approximate surface area is 319 Å². The summed E-state index contributed by atoms with van der Waals surface area (Å²) in [6.07, 6.45) is 17.4. The van der Waals surface area contributed by atoms with E-state index in [1.807, 2.05) is 12.1 Å². The Morgan fingerprint density at radius 3 is 1.52 bits per heavy atom. The highest BCUT2D eigenvalue weighted by Gasteiger charge is 2.55. The summed E-state index contributed by atoms with van der Waals surface area (Å²) >= 11 is 0. The summed E-state index contributed by atoms with van der Waals surface area (Å²) in [7, 11) is 7.70. The number of benzene rings is 2. The number of nitrogens with zero attached hydrogens (tertiary/aromatic N) is 2. The van der Waals surface area contributed by atoms with Crippen LogP contribution in [0.2, 0.25) is 0 Å². The van der Waals surface area contributed by atoms with Crippen molar-refractivity contribution in [2.45, 2.75) is 112 Å². The van der Waals surface area contributed by atoms with Crippen LogP contribution in [0.3, 0.4) is 0 Å². The molecule has 0 saturated heterocycles. The van der Waals surface area contributed by atoms with E-state index >= 15 is 0 Å². The second-order valence-corrected chi connectivity index (χ2v) is 16.4. The zero-order chi connectivity index (χ0) is 37.5. The third kappa shape index (κ3) is 6.78. The highest BCUT2D eigenvalue weighted by atomic mass is 16.6. The van der Waals surface area contributed by atoms with Crippen molar-refractivity contribution in [3.63, 3.8) is 0 Å². The highest BCUT2D eigenvalue weighted by molar-refractivity contribution is 5.70. The Morgan fingerprint density at radius 2 is 1.09 bits per heavy atom. The van der Waals surface area contributed by atoms with Crippen molar-refractivity contribution in [2.24, 2.45) is 0 Å². The van der Waals surface area contributed by atoms with Gasteiger partial charge in [0.2, 0.25) is 0 Å². The third-order valence-electron chi connectivity index (χ3n) is 12.7. The summed E-state index contributed by atoms with van der Waals surface area (Å²) in [4.78, 5) is 30.4. The first-order chi connectivity index (χ1) is 26.2. The highest BCUT2D eigenvalue weighted by Crippen LogP contribution is 2.56. The number of hydrogen-bond donors (Lipinski definition) is 0. The Bertz CT molecular complexity index is 1680. The number of likely N-dealkylation sites (N-methyl/N-ethyl adjacent to an activating group) is 2. The molecule has 0 unspecified atom stereocenters. The number of methoxy groups -OCH3 is 2. The molecule has 0 bridgehead atoms. The van der Waals surface area contributed by atoms with Crippen LogP contribution in [0.4, 0.5) is 0 Å². The van der Waals surface area contributed by atoms with Crippen LogP contribution in [0.15, 0.2) is 48.6 Å². The molecule has 290 valence electrons. The van der Waals surface area contributed by atoms with Gasteiger partial charge in [-0.3, -0.25) is 9.59 Å². The molecular formula is C44H56N2O8. The van der Waals surface area contributed by atoms with Gasteiger partial charge in [0.15, 0.2) is 23.0 Å². The molecule has 0 N–H and O–H groups in total. The van der Waals surface area contributed by atoms with Crippen LogP contribution in [0, 0.1) is 0 Å². The molecule has 2 aromatic rings. The van der Waals surface area contributed by atoms with Crippen LogP contribution in [-0.2, 0) is 42.7 Å². The predicted octanol–water partition coefficient (Wildman–Crippen LogP) is 6.24. The normalized spacial score (nSPS) is 29.0. The average Bonchev–Trinajstić information content (AvgIpc) is 3.55. The molecular weight excluding hydrogens is 684 g/mol. The van der Waals surface area contributed by atoms with Crippen LogP contribution >= 0.6 is 0 Å². The second-order valence-electron chi connectivity index (χ2n) is 16.4. The van der Waals surface area contributed by atoms with Crippen molar-refractivity contribution in [1.82, 2.24) is 9.80 Å². The Hall–Kier alpha value is -4.02. The average molecular weight is 741 g/mol. The molecule has 4 heterocycles. The topological polar surface area (TPSA) is 96.0 Å². The Balaban J connectivity index is 0.739.